The van der Waals surface area contributed by atoms with E-state index in [-0.39, 0.29) is 12.4 Å². The fourth-order valence-electron chi connectivity index (χ4n) is 2.36. The number of carbonyl (C=O) groups is 1. The van der Waals surface area contributed by atoms with Crippen LogP contribution in [0.5, 0.6) is 5.75 Å². The zero-order valence-electron chi connectivity index (χ0n) is 13.3. The normalized spacial score (nSPS) is 10.3. The van der Waals surface area contributed by atoms with Crippen molar-refractivity contribution in [3.05, 3.63) is 84.2 Å². The van der Waals surface area contributed by atoms with Crippen molar-refractivity contribution in [2.45, 2.75) is 6.61 Å². The molecule has 0 fully saturated rings. The lowest BCUT2D eigenvalue weighted by Gasteiger charge is -2.08. The van der Waals surface area contributed by atoms with Crippen LogP contribution in [0.15, 0.2) is 72.8 Å². The first-order valence-electron chi connectivity index (χ1n) is 7.68. The standard InChI is InChI=1S/C20H16FNO3/c21-17-10-16(11-19(23)12-17)15-6-8-18(9-7-15)22-20(24)25-13-14-4-2-1-3-5-14/h1-12,23H,13H2,(H,22,24). The van der Waals surface area contributed by atoms with E-state index in [0.717, 1.165) is 17.2 Å². The molecule has 0 unspecified atom stereocenters. The number of nitrogens with one attached hydrogen (secondary N) is 1. The molecular weight excluding hydrogens is 321 g/mol. The molecular formula is C20H16FNO3. The first-order chi connectivity index (χ1) is 12.1. The van der Waals surface area contributed by atoms with Crippen molar-refractivity contribution in [2.24, 2.45) is 0 Å². The largest absolute Gasteiger partial charge is 0.508 e. The fourth-order valence-corrected chi connectivity index (χ4v) is 2.36. The van der Waals surface area contributed by atoms with Gasteiger partial charge in [-0.15, -0.1) is 0 Å². The van der Waals surface area contributed by atoms with Gasteiger partial charge in [0.15, 0.2) is 0 Å². The maximum Gasteiger partial charge on any atom is 0.411 e. The van der Waals surface area contributed by atoms with E-state index in [9.17, 15) is 14.3 Å². The second-order valence-electron chi connectivity index (χ2n) is 5.46. The minimum Gasteiger partial charge on any atom is -0.508 e. The third-order valence-corrected chi connectivity index (χ3v) is 3.56. The highest BCUT2D eigenvalue weighted by atomic mass is 19.1. The number of halogens is 1. The summed E-state index contributed by atoms with van der Waals surface area (Å²) in [4.78, 5) is 11.8. The molecule has 0 aromatic heterocycles. The Kier molecular flexibility index (Phi) is 4.95. The van der Waals surface area contributed by atoms with E-state index >= 15 is 0 Å². The Morgan fingerprint density at radius 1 is 0.960 bits per heavy atom. The van der Waals surface area contributed by atoms with Crippen molar-refractivity contribution in [3.8, 4) is 16.9 Å². The van der Waals surface area contributed by atoms with Crippen molar-refractivity contribution >= 4 is 11.8 Å². The lowest BCUT2D eigenvalue weighted by Crippen LogP contribution is -2.13. The highest BCUT2D eigenvalue weighted by Crippen LogP contribution is 2.26. The van der Waals surface area contributed by atoms with Crippen molar-refractivity contribution in [1.29, 1.82) is 0 Å². The summed E-state index contributed by atoms with van der Waals surface area (Å²) in [5.41, 5.74) is 2.73. The molecule has 0 spiro atoms. The van der Waals surface area contributed by atoms with Gasteiger partial charge in [0.25, 0.3) is 0 Å². The van der Waals surface area contributed by atoms with Crippen LogP contribution >= 0.6 is 0 Å². The van der Waals surface area contributed by atoms with Gasteiger partial charge in [-0.2, -0.15) is 0 Å². The van der Waals surface area contributed by atoms with Gasteiger partial charge in [0.1, 0.15) is 18.2 Å². The Labute approximate surface area is 144 Å². The zero-order chi connectivity index (χ0) is 17.6. The molecule has 126 valence electrons. The Hall–Kier alpha value is -3.34. The number of phenols is 1. The number of carbonyl (C=O) groups excluding carboxylic acids is 1. The quantitative estimate of drug-likeness (QED) is 0.708. The van der Waals surface area contributed by atoms with E-state index in [1.54, 1.807) is 24.3 Å². The third-order valence-electron chi connectivity index (χ3n) is 3.56. The molecule has 25 heavy (non-hydrogen) atoms. The number of anilines is 1. The summed E-state index contributed by atoms with van der Waals surface area (Å²) >= 11 is 0. The average Bonchev–Trinajstić information content (AvgIpc) is 2.61. The fraction of sp³-hybridized carbons (Fsp3) is 0.0500. The summed E-state index contributed by atoms with van der Waals surface area (Å²) in [5.74, 6) is -0.650. The summed E-state index contributed by atoms with van der Waals surface area (Å²) in [6.07, 6.45) is -0.556. The first-order valence-corrected chi connectivity index (χ1v) is 7.68. The Balaban J connectivity index is 1.61. The van der Waals surface area contributed by atoms with E-state index < -0.39 is 11.9 Å². The smallest absolute Gasteiger partial charge is 0.411 e. The molecule has 4 nitrogen and oxygen atoms in total. The molecule has 3 aromatic carbocycles. The molecule has 0 saturated heterocycles. The molecule has 1 amide bonds. The maximum atomic E-state index is 13.4. The van der Waals surface area contributed by atoms with Crippen molar-refractivity contribution in [1.82, 2.24) is 0 Å². The van der Waals surface area contributed by atoms with Gasteiger partial charge in [-0.3, -0.25) is 5.32 Å². The third kappa shape index (κ3) is 4.57. The molecule has 0 aliphatic heterocycles. The summed E-state index contributed by atoms with van der Waals surface area (Å²) < 4.78 is 18.5. The molecule has 0 saturated carbocycles. The van der Waals surface area contributed by atoms with Gasteiger partial charge in [-0.05, 0) is 41.0 Å². The maximum absolute atomic E-state index is 13.4. The number of phenolic OH excluding ortho intramolecular Hbond substituents is 1. The van der Waals surface area contributed by atoms with Crippen LogP contribution < -0.4 is 5.32 Å². The van der Waals surface area contributed by atoms with Gasteiger partial charge in [0, 0.05) is 11.8 Å². The highest BCUT2D eigenvalue weighted by Gasteiger charge is 2.06. The molecule has 3 rings (SSSR count). The average molecular weight is 337 g/mol. The van der Waals surface area contributed by atoms with E-state index in [0.29, 0.717) is 11.3 Å². The number of hydrogen-bond acceptors (Lipinski definition) is 3. The molecule has 5 heteroatoms. The first kappa shape index (κ1) is 16.5. The number of hydrogen-bond donors (Lipinski definition) is 2. The predicted octanol–water partition coefficient (Wildman–Crippen LogP) is 4.95. The summed E-state index contributed by atoms with van der Waals surface area (Å²) in [5, 5.41) is 12.1. The van der Waals surface area contributed by atoms with Gasteiger partial charge in [0.05, 0.1) is 0 Å². The second kappa shape index (κ2) is 7.49. The van der Waals surface area contributed by atoms with Gasteiger partial charge >= 0.3 is 6.09 Å². The lowest BCUT2D eigenvalue weighted by atomic mass is 10.0. The molecule has 0 atom stereocenters. The second-order valence-corrected chi connectivity index (χ2v) is 5.46. The van der Waals surface area contributed by atoms with Crippen molar-refractivity contribution in [2.75, 3.05) is 5.32 Å². The molecule has 0 aliphatic rings. The van der Waals surface area contributed by atoms with Crippen molar-refractivity contribution in [3.63, 3.8) is 0 Å². The topological polar surface area (TPSA) is 58.6 Å². The number of rotatable bonds is 4. The van der Waals surface area contributed by atoms with Crippen molar-refractivity contribution < 1.29 is 19.0 Å². The van der Waals surface area contributed by atoms with Crippen LogP contribution in [0.1, 0.15) is 5.56 Å². The number of ether oxygens (including phenoxy) is 1. The minimum atomic E-state index is -0.556. The van der Waals surface area contributed by atoms with Crippen LogP contribution in [0.2, 0.25) is 0 Å². The van der Waals surface area contributed by atoms with E-state index in [1.165, 1.54) is 12.1 Å². The SMILES string of the molecule is O=C(Nc1ccc(-c2cc(O)cc(F)c2)cc1)OCc1ccccc1. The number of aromatic hydroxyl groups is 1. The Morgan fingerprint density at radius 3 is 2.36 bits per heavy atom. The Morgan fingerprint density at radius 2 is 1.68 bits per heavy atom. The van der Waals surface area contributed by atoms with E-state index in [4.69, 9.17) is 4.74 Å². The minimum absolute atomic E-state index is 0.137. The number of benzene rings is 3. The predicted molar refractivity (Wildman–Crippen MR) is 93.8 cm³/mol. The highest BCUT2D eigenvalue weighted by molar-refractivity contribution is 5.85. The van der Waals surface area contributed by atoms with Gasteiger partial charge < -0.3 is 9.84 Å². The van der Waals surface area contributed by atoms with Crippen LogP contribution in [0.25, 0.3) is 11.1 Å². The van der Waals surface area contributed by atoms with Crippen LogP contribution in [-0.2, 0) is 11.3 Å². The van der Waals surface area contributed by atoms with Crippen LogP contribution in [0.3, 0.4) is 0 Å². The van der Waals surface area contributed by atoms with E-state index in [2.05, 4.69) is 5.32 Å². The summed E-state index contributed by atoms with van der Waals surface area (Å²) in [6.45, 7) is 0.188. The number of amides is 1. The molecule has 0 heterocycles. The molecule has 0 bridgehead atoms. The zero-order valence-corrected chi connectivity index (χ0v) is 13.3. The molecule has 0 aliphatic carbocycles. The van der Waals surface area contributed by atoms with Gasteiger partial charge in [0.2, 0.25) is 0 Å². The molecule has 0 radical (unpaired) electrons. The summed E-state index contributed by atoms with van der Waals surface area (Å²) in [7, 11) is 0. The Bertz CT molecular complexity index is 844. The lowest BCUT2D eigenvalue weighted by molar-refractivity contribution is 0.155. The molecule has 2 N–H and O–H groups in total. The van der Waals surface area contributed by atoms with E-state index in [1.807, 2.05) is 30.3 Å². The van der Waals surface area contributed by atoms with Crippen LogP contribution in [0.4, 0.5) is 14.9 Å². The van der Waals surface area contributed by atoms with Gasteiger partial charge in [-0.25, -0.2) is 9.18 Å². The summed E-state index contributed by atoms with van der Waals surface area (Å²) in [6, 6.07) is 20.0. The van der Waals surface area contributed by atoms with Crippen LogP contribution in [0, 0.1) is 5.82 Å². The monoisotopic (exact) mass is 337 g/mol. The van der Waals surface area contributed by atoms with Gasteiger partial charge in [-0.1, -0.05) is 42.5 Å². The molecule has 3 aromatic rings. The van der Waals surface area contributed by atoms with Crippen LogP contribution in [-0.4, -0.2) is 11.2 Å².